The Labute approximate surface area is 357 Å². The van der Waals surface area contributed by atoms with E-state index in [0.717, 1.165) is 39.0 Å². The van der Waals surface area contributed by atoms with Crippen LogP contribution in [0.1, 0.15) is 25.0 Å². The van der Waals surface area contributed by atoms with Gasteiger partial charge in [-0.25, -0.2) is 9.97 Å². The molecule has 0 saturated heterocycles. The van der Waals surface area contributed by atoms with Gasteiger partial charge in [-0.15, -0.1) is 0 Å². The van der Waals surface area contributed by atoms with Gasteiger partial charge in [0, 0.05) is 22.1 Å². The van der Waals surface area contributed by atoms with Crippen LogP contribution in [-0.2, 0) is 5.41 Å². The molecular weight excluding hydrogens is 737 g/mol. The lowest BCUT2D eigenvalue weighted by molar-refractivity contribution is 0.661. The maximum Gasteiger partial charge on any atom is 0.160 e. The second-order valence-corrected chi connectivity index (χ2v) is 16.6. The zero-order valence-corrected chi connectivity index (χ0v) is 34.2. The van der Waals surface area contributed by atoms with Crippen LogP contribution >= 0.6 is 0 Å². The summed E-state index contributed by atoms with van der Waals surface area (Å²) in [6.07, 6.45) is 0. The van der Waals surface area contributed by atoms with E-state index in [1.807, 2.05) is 18.2 Å². The maximum atomic E-state index is 5.23. The SMILES string of the molecule is CC1(C)c2cc(-c3ccccc3)ccc2-c2ccc(-c3ccc(-c4ccc(-c5cc(-c6cccc(-c7ccccc7)c6)nc(-c6ccccc6)n5)c5ccccc45)cc3)cc21. The van der Waals surface area contributed by atoms with Gasteiger partial charge in [-0.05, 0) is 102 Å². The van der Waals surface area contributed by atoms with Gasteiger partial charge in [-0.2, -0.15) is 0 Å². The fourth-order valence-corrected chi connectivity index (χ4v) is 9.28. The highest BCUT2D eigenvalue weighted by atomic mass is 14.9. The number of benzene rings is 9. The average Bonchev–Trinajstić information content (AvgIpc) is 3.56. The third kappa shape index (κ3) is 6.54. The van der Waals surface area contributed by atoms with Gasteiger partial charge in [-0.3, -0.25) is 0 Å². The monoisotopic (exact) mass is 778 g/mol. The predicted octanol–water partition coefficient (Wildman–Crippen LogP) is 15.6. The van der Waals surface area contributed by atoms with Crippen LogP contribution in [0.3, 0.4) is 0 Å². The Morgan fingerprint density at radius 1 is 0.279 bits per heavy atom. The summed E-state index contributed by atoms with van der Waals surface area (Å²) in [5.41, 5.74) is 19.9. The minimum Gasteiger partial charge on any atom is -0.228 e. The van der Waals surface area contributed by atoms with Crippen LogP contribution < -0.4 is 0 Å². The van der Waals surface area contributed by atoms with Crippen LogP contribution in [0.2, 0.25) is 0 Å². The van der Waals surface area contributed by atoms with Crippen molar-refractivity contribution in [3.8, 4) is 89.5 Å². The molecular formula is C59H42N2. The zero-order valence-electron chi connectivity index (χ0n) is 34.2. The van der Waals surface area contributed by atoms with E-state index in [0.29, 0.717) is 5.82 Å². The van der Waals surface area contributed by atoms with E-state index in [2.05, 4.69) is 214 Å². The highest BCUT2D eigenvalue weighted by molar-refractivity contribution is 6.05. The normalized spacial score (nSPS) is 12.6. The van der Waals surface area contributed by atoms with E-state index in [4.69, 9.17) is 9.97 Å². The average molecular weight is 779 g/mol. The summed E-state index contributed by atoms with van der Waals surface area (Å²) in [5, 5.41) is 2.34. The number of nitrogens with zero attached hydrogens (tertiary/aromatic N) is 2. The highest BCUT2D eigenvalue weighted by Crippen LogP contribution is 2.51. The Balaban J connectivity index is 0.947. The third-order valence-electron chi connectivity index (χ3n) is 12.5. The molecule has 0 unspecified atom stereocenters. The Hall–Kier alpha value is -7.68. The van der Waals surface area contributed by atoms with Gasteiger partial charge in [-0.1, -0.05) is 208 Å². The zero-order chi connectivity index (χ0) is 40.9. The van der Waals surface area contributed by atoms with Gasteiger partial charge in [0.25, 0.3) is 0 Å². The van der Waals surface area contributed by atoms with Crippen LogP contribution in [0.5, 0.6) is 0 Å². The van der Waals surface area contributed by atoms with Gasteiger partial charge in [0.1, 0.15) is 0 Å². The van der Waals surface area contributed by atoms with Crippen molar-refractivity contribution in [2.24, 2.45) is 0 Å². The number of hydrogen-bond acceptors (Lipinski definition) is 2. The van der Waals surface area contributed by atoms with E-state index >= 15 is 0 Å². The molecule has 1 aliphatic rings. The number of hydrogen-bond donors (Lipinski definition) is 0. The van der Waals surface area contributed by atoms with Crippen molar-refractivity contribution >= 4 is 10.8 Å². The second kappa shape index (κ2) is 14.9. The molecule has 0 N–H and O–H groups in total. The first kappa shape index (κ1) is 36.4. The minimum atomic E-state index is -0.107. The topological polar surface area (TPSA) is 25.8 Å². The van der Waals surface area contributed by atoms with Gasteiger partial charge in [0.2, 0.25) is 0 Å². The molecule has 0 radical (unpaired) electrons. The first-order chi connectivity index (χ1) is 30.0. The lowest BCUT2D eigenvalue weighted by Crippen LogP contribution is -2.15. The highest BCUT2D eigenvalue weighted by Gasteiger charge is 2.36. The molecule has 2 heteroatoms. The van der Waals surface area contributed by atoms with E-state index in [1.165, 1.54) is 66.6 Å². The predicted molar refractivity (Wildman–Crippen MR) is 255 cm³/mol. The van der Waals surface area contributed by atoms with Crippen LogP contribution in [0, 0.1) is 0 Å². The van der Waals surface area contributed by atoms with Crippen LogP contribution in [-0.4, -0.2) is 9.97 Å². The molecule has 1 heterocycles. The number of aromatic nitrogens is 2. The summed E-state index contributed by atoms with van der Waals surface area (Å²) in [7, 11) is 0. The van der Waals surface area contributed by atoms with Crippen molar-refractivity contribution in [1.82, 2.24) is 9.97 Å². The van der Waals surface area contributed by atoms with Gasteiger partial charge in [0.15, 0.2) is 5.82 Å². The summed E-state index contributed by atoms with van der Waals surface area (Å²) in [6.45, 7) is 4.73. The summed E-state index contributed by atoms with van der Waals surface area (Å²) in [4.78, 5) is 10.4. The molecule has 0 spiro atoms. The van der Waals surface area contributed by atoms with Crippen molar-refractivity contribution in [2.45, 2.75) is 19.3 Å². The molecule has 0 bridgehead atoms. The van der Waals surface area contributed by atoms with Crippen LogP contribution in [0.4, 0.5) is 0 Å². The lowest BCUT2D eigenvalue weighted by atomic mass is 9.81. The Kier molecular flexibility index (Phi) is 8.86. The summed E-state index contributed by atoms with van der Waals surface area (Å²) < 4.78 is 0. The molecule has 11 rings (SSSR count). The molecule has 0 amide bonds. The molecule has 0 fully saturated rings. The summed E-state index contributed by atoms with van der Waals surface area (Å²) >= 11 is 0. The van der Waals surface area contributed by atoms with E-state index < -0.39 is 0 Å². The van der Waals surface area contributed by atoms with Gasteiger partial charge in [0.05, 0.1) is 11.4 Å². The van der Waals surface area contributed by atoms with Gasteiger partial charge >= 0.3 is 0 Å². The molecule has 2 nitrogen and oxygen atoms in total. The molecule has 0 atom stereocenters. The second-order valence-electron chi connectivity index (χ2n) is 16.6. The number of fused-ring (bicyclic) bond motifs is 4. The van der Waals surface area contributed by atoms with Crippen LogP contribution in [0.25, 0.3) is 100 Å². The Morgan fingerprint density at radius 2 is 0.689 bits per heavy atom. The Bertz CT molecular complexity index is 3240. The molecule has 0 saturated carbocycles. The molecule has 288 valence electrons. The minimum absolute atomic E-state index is 0.107. The standard InChI is InChI=1S/C59H42N2/c1-59(2)54-36-45(40-17-8-4-9-18-40)29-31-51(54)52-32-30-46(37-55(52)59)41-25-27-42(28-26-41)48-33-34-53(50-24-13-12-23-49(48)50)57-38-56(60-58(61-57)43-19-10-5-11-20-43)47-22-14-21-44(35-47)39-15-6-3-7-16-39/h3-38H,1-2H3. The maximum absolute atomic E-state index is 5.23. The third-order valence-corrected chi connectivity index (χ3v) is 12.5. The molecule has 0 aliphatic heterocycles. The molecule has 10 aromatic rings. The van der Waals surface area contributed by atoms with Crippen molar-refractivity contribution in [3.05, 3.63) is 230 Å². The molecule has 61 heavy (non-hydrogen) atoms. The fraction of sp³-hybridized carbons (Fsp3) is 0.0508. The number of rotatable bonds is 7. The molecule has 1 aliphatic carbocycles. The molecule has 1 aromatic heterocycles. The van der Waals surface area contributed by atoms with Crippen molar-refractivity contribution in [1.29, 1.82) is 0 Å². The quantitative estimate of drug-likeness (QED) is 0.161. The lowest BCUT2D eigenvalue weighted by Gasteiger charge is -2.22. The van der Waals surface area contributed by atoms with Crippen molar-refractivity contribution in [3.63, 3.8) is 0 Å². The van der Waals surface area contributed by atoms with Crippen molar-refractivity contribution < 1.29 is 0 Å². The first-order valence-corrected chi connectivity index (χ1v) is 21.1. The smallest absolute Gasteiger partial charge is 0.160 e. The van der Waals surface area contributed by atoms with E-state index in [-0.39, 0.29) is 5.41 Å². The van der Waals surface area contributed by atoms with E-state index in [9.17, 15) is 0 Å². The summed E-state index contributed by atoms with van der Waals surface area (Å²) in [6, 6.07) is 78.5. The van der Waals surface area contributed by atoms with Crippen LogP contribution in [0.15, 0.2) is 218 Å². The van der Waals surface area contributed by atoms with Crippen molar-refractivity contribution in [2.75, 3.05) is 0 Å². The van der Waals surface area contributed by atoms with E-state index in [1.54, 1.807) is 0 Å². The summed E-state index contributed by atoms with van der Waals surface area (Å²) in [5.74, 6) is 0.706. The largest absolute Gasteiger partial charge is 0.228 e. The fourth-order valence-electron chi connectivity index (χ4n) is 9.28. The Morgan fingerprint density at radius 3 is 1.30 bits per heavy atom. The van der Waals surface area contributed by atoms with Gasteiger partial charge < -0.3 is 0 Å². The molecule has 9 aromatic carbocycles. The first-order valence-electron chi connectivity index (χ1n) is 21.1.